The summed E-state index contributed by atoms with van der Waals surface area (Å²) in [7, 11) is 0. The third kappa shape index (κ3) is 8.54. The fourth-order valence-corrected chi connectivity index (χ4v) is 5.73. The number of anilines is 2. The SMILES string of the molecule is CCOC(=O)Cc1ccc(C)c(CNc2cnn(-c3ccccc3)c2C)c1.Cc1cccc(C)c1C(=O)Nc1cnn(-c2ccccc2)c1C. The van der Waals surface area contributed by atoms with Gasteiger partial charge in [-0.05, 0) is 93.6 Å². The monoisotopic (exact) mass is 668 g/mol. The van der Waals surface area contributed by atoms with Crippen molar-refractivity contribution in [3.8, 4) is 11.4 Å². The van der Waals surface area contributed by atoms with Gasteiger partial charge in [0.05, 0.1) is 59.6 Å². The Morgan fingerprint density at radius 1 is 0.680 bits per heavy atom. The zero-order valence-electron chi connectivity index (χ0n) is 29.5. The molecule has 0 bridgehead atoms. The Labute approximate surface area is 293 Å². The Balaban J connectivity index is 0.000000197. The Morgan fingerprint density at radius 3 is 1.82 bits per heavy atom. The molecule has 0 unspecified atom stereocenters. The first-order valence-corrected chi connectivity index (χ1v) is 16.7. The number of para-hydroxylation sites is 2. The molecule has 0 spiro atoms. The highest BCUT2D eigenvalue weighted by Gasteiger charge is 2.16. The number of nitrogens with one attached hydrogen (secondary N) is 2. The maximum atomic E-state index is 12.6. The second-order valence-corrected chi connectivity index (χ2v) is 12.1. The third-order valence-corrected chi connectivity index (χ3v) is 8.51. The molecule has 0 radical (unpaired) electrons. The molecule has 0 aliphatic carbocycles. The molecule has 2 heterocycles. The number of carbonyl (C=O) groups excluding carboxylic acids is 2. The van der Waals surface area contributed by atoms with Crippen LogP contribution in [0, 0.1) is 34.6 Å². The Bertz CT molecular complexity index is 2050. The van der Waals surface area contributed by atoms with E-state index in [-0.39, 0.29) is 11.9 Å². The summed E-state index contributed by atoms with van der Waals surface area (Å²) in [6, 6.07) is 31.9. The molecule has 1 amide bonds. The number of aryl methyl sites for hydroxylation is 3. The van der Waals surface area contributed by atoms with Gasteiger partial charge in [0.25, 0.3) is 5.91 Å². The number of hydrogen-bond acceptors (Lipinski definition) is 6. The van der Waals surface area contributed by atoms with E-state index >= 15 is 0 Å². The van der Waals surface area contributed by atoms with Gasteiger partial charge in [-0.3, -0.25) is 9.59 Å². The van der Waals surface area contributed by atoms with E-state index < -0.39 is 0 Å². The number of aromatic nitrogens is 4. The smallest absolute Gasteiger partial charge is 0.310 e. The number of hydrogen-bond donors (Lipinski definition) is 2. The van der Waals surface area contributed by atoms with Crippen molar-refractivity contribution in [2.75, 3.05) is 17.2 Å². The molecule has 0 fully saturated rings. The highest BCUT2D eigenvalue weighted by molar-refractivity contribution is 6.06. The van der Waals surface area contributed by atoms with Crippen LogP contribution in [0.2, 0.25) is 0 Å². The van der Waals surface area contributed by atoms with E-state index in [0.717, 1.165) is 62.0 Å². The molecule has 0 aliphatic rings. The van der Waals surface area contributed by atoms with Crippen LogP contribution in [0.5, 0.6) is 0 Å². The summed E-state index contributed by atoms with van der Waals surface area (Å²) in [5, 5.41) is 15.3. The molecule has 9 nitrogen and oxygen atoms in total. The van der Waals surface area contributed by atoms with Crippen molar-refractivity contribution < 1.29 is 14.3 Å². The molecule has 0 saturated carbocycles. The van der Waals surface area contributed by atoms with Gasteiger partial charge < -0.3 is 15.4 Å². The van der Waals surface area contributed by atoms with Crippen molar-refractivity contribution in [1.29, 1.82) is 0 Å². The van der Waals surface area contributed by atoms with Gasteiger partial charge in [0.2, 0.25) is 0 Å². The highest BCUT2D eigenvalue weighted by Crippen LogP contribution is 2.22. The predicted molar refractivity (Wildman–Crippen MR) is 199 cm³/mol. The lowest BCUT2D eigenvalue weighted by molar-refractivity contribution is -0.142. The van der Waals surface area contributed by atoms with Crippen LogP contribution < -0.4 is 10.6 Å². The number of amides is 1. The molecule has 50 heavy (non-hydrogen) atoms. The molecule has 2 aromatic heterocycles. The molecule has 0 atom stereocenters. The van der Waals surface area contributed by atoms with Gasteiger partial charge in [-0.25, -0.2) is 9.36 Å². The number of ether oxygens (including phenoxy) is 1. The van der Waals surface area contributed by atoms with E-state index in [9.17, 15) is 9.59 Å². The fraction of sp³-hybridized carbons (Fsp3) is 0.220. The summed E-state index contributed by atoms with van der Waals surface area (Å²) < 4.78 is 8.78. The number of benzene rings is 4. The summed E-state index contributed by atoms with van der Waals surface area (Å²) in [4.78, 5) is 24.3. The van der Waals surface area contributed by atoms with Crippen molar-refractivity contribution in [3.05, 3.63) is 154 Å². The molecule has 0 saturated heterocycles. The van der Waals surface area contributed by atoms with Crippen molar-refractivity contribution in [1.82, 2.24) is 19.6 Å². The molecule has 256 valence electrons. The maximum absolute atomic E-state index is 12.6. The van der Waals surface area contributed by atoms with E-state index in [1.807, 2.05) is 141 Å². The second-order valence-electron chi connectivity index (χ2n) is 12.1. The van der Waals surface area contributed by atoms with E-state index in [2.05, 4.69) is 33.8 Å². The predicted octanol–water partition coefficient (Wildman–Crippen LogP) is 8.26. The average Bonchev–Trinajstić information content (AvgIpc) is 3.67. The molecule has 6 rings (SSSR count). The van der Waals surface area contributed by atoms with Crippen molar-refractivity contribution >= 4 is 23.3 Å². The van der Waals surface area contributed by atoms with Crippen molar-refractivity contribution in [2.45, 2.75) is 54.5 Å². The van der Waals surface area contributed by atoms with Crippen LogP contribution in [0.25, 0.3) is 11.4 Å². The van der Waals surface area contributed by atoms with Gasteiger partial charge in [-0.1, -0.05) is 72.8 Å². The fourth-order valence-electron chi connectivity index (χ4n) is 5.73. The Kier molecular flexibility index (Phi) is 11.6. The molecule has 9 heteroatoms. The molecule has 0 aliphatic heterocycles. The lowest BCUT2D eigenvalue weighted by Gasteiger charge is -2.11. The summed E-state index contributed by atoms with van der Waals surface area (Å²) in [6.45, 7) is 12.9. The minimum atomic E-state index is -0.194. The first-order chi connectivity index (χ1) is 24.2. The van der Waals surface area contributed by atoms with Crippen molar-refractivity contribution in [2.24, 2.45) is 0 Å². The quantitative estimate of drug-likeness (QED) is 0.143. The summed E-state index contributed by atoms with van der Waals surface area (Å²) in [6.07, 6.45) is 3.83. The van der Waals surface area contributed by atoms with E-state index in [1.54, 1.807) is 6.20 Å². The molecule has 4 aromatic carbocycles. The Morgan fingerprint density at radius 2 is 1.24 bits per heavy atom. The number of rotatable bonds is 10. The first kappa shape index (κ1) is 35.3. The summed E-state index contributed by atoms with van der Waals surface area (Å²) in [5.74, 6) is -0.295. The number of carbonyl (C=O) groups is 2. The highest BCUT2D eigenvalue weighted by atomic mass is 16.5. The van der Waals surface area contributed by atoms with Crippen LogP contribution in [0.15, 0.2) is 109 Å². The molecular formula is C41H44N6O3. The van der Waals surface area contributed by atoms with Gasteiger partial charge in [-0.15, -0.1) is 0 Å². The normalized spacial score (nSPS) is 10.6. The topological polar surface area (TPSA) is 103 Å². The minimum absolute atomic E-state index is 0.101. The van der Waals surface area contributed by atoms with Crippen LogP contribution in [-0.2, 0) is 22.5 Å². The second kappa shape index (κ2) is 16.4. The zero-order valence-corrected chi connectivity index (χ0v) is 29.5. The van der Waals surface area contributed by atoms with E-state index in [0.29, 0.717) is 19.6 Å². The zero-order chi connectivity index (χ0) is 35.6. The van der Waals surface area contributed by atoms with Crippen LogP contribution in [0.4, 0.5) is 11.4 Å². The van der Waals surface area contributed by atoms with Crippen LogP contribution in [-0.4, -0.2) is 38.0 Å². The van der Waals surface area contributed by atoms with Crippen LogP contribution in [0.1, 0.15) is 56.5 Å². The first-order valence-electron chi connectivity index (χ1n) is 16.7. The van der Waals surface area contributed by atoms with E-state index in [1.165, 1.54) is 5.56 Å². The minimum Gasteiger partial charge on any atom is -0.466 e. The lowest BCUT2D eigenvalue weighted by atomic mass is 10.0. The molecular weight excluding hydrogens is 624 g/mol. The average molecular weight is 669 g/mol. The summed E-state index contributed by atoms with van der Waals surface area (Å²) in [5.41, 5.74) is 11.6. The van der Waals surface area contributed by atoms with Gasteiger partial charge >= 0.3 is 5.97 Å². The summed E-state index contributed by atoms with van der Waals surface area (Å²) >= 11 is 0. The standard InChI is InChI=1S/C22H25N3O2.C19H19N3O/c1-4-27-22(26)13-18-11-10-16(2)19(12-18)14-23-21-15-24-25(17(21)3)20-8-6-5-7-9-20;1-13-8-7-9-14(2)18(13)19(23)21-17-12-20-22(15(17)3)16-10-5-4-6-11-16/h5-12,15,23H,4,13-14H2,1-3H3;4-12H,1-3H3,(H,21,23). The van der Waals surface area contributed by atoms with Crippen LogP contribution in [0.3, 0.4) is 0 Å². The lowest BCUT2D eigenvalue weighted by Crippen LogP contribution is -2.15. The number of nitrogens with zero attached hydrogens (tertiary/aromatic N) is 4. The van der Waals surface area contributed by atoms with Gasteiger partial charge in [0.15, 0.2) is 0 Å². The maximum Gasteiger partial charge on any atom is 0.310 e. The molecule has 6 aromatic rings. The Hall–Kier alpha value is -5.96. The number of esters is 1. The van der Waals surface area contributed by atoms with Gasteiger partial charge in [0.1, 0.15) is 0 Å². The van der Waals surface area contributed by atoms with Gasteiger partial charge in [-0.2, -0.15) is 10.2 Å². The van der Waals surface area contributed by atoms with Crippen LogP contribution >= 0.6 is 0 Å². The van der Waals surface area contributed by atoms with Crippen molar-refractivity contribution in [3.63, 3.8) is 0 Å². The molecule has 2 N–H and O–H groups in total. The van der Waals surface area contributed by atoms with E-state index in [4.69, 9.17) is 4.74 Å². The largest absolute Gasteiger partial charge is 0.466 e. The van der Waals surface area contributed by atoms with Gasteiger partial charge in [0, 0.05) is 12.1 Å². The third-order valence-electron chi connectivity index (χ3n) is 8.51.